The minimum Gasteiger partial charge on any atom is -0.338 e. The third kappa shape index (κ3) is 6.14. The van der Waals surface area contributed by atoms with Crippen LogP contribution in [0.25, 0.3) is 0 Å². The summed E-state index contributed by atoms with van der Waals surface area (Å²) in [5, 5.41) is 10.8. The van der Waals surface area contributed by atoms with Crippen molar-refractivity contribution in [3.8, 4) is 0 Å². The highest BCUT2D eigenvalue weighted by molar-refractivity contribution is 8.00. The molecule has 8 nitrogen and oxygen atoms in total. The Morgan fingerprint density at radius 2 is 1.87 bits per heavy atom. The van der Waals surface area contributed by atoms with Crippen LogP contribution in [-0.2, 0) is 9.59 Å². The van der Waals surface area contributed by atoms with Gasteiger partial charge in [-0.05, 0) is 36.4 Å². The van der Waals surface area contributed by atoms with Gasteiger partial charge in [0.25, 0.3) is 5.91 Å². The molecule has 1 aliphatic rings. The summed E-state index contributed by atoms with van der Waals surface area (Å²) in [6, 6.07) is 7.86. The number of amides is 3. The second-order valence-corrected chi connectivity index (χ2v) is 8.05. The largest absolute Gasteiger partial charge is 0.338 e. The number of anilines is 1. The Hall–Kier alpha value is -2.73. The monoisotopic (exact) mass is 469 g/mol. The Morgan fingerprint density at radius 1 is 1.16 bits per heavy atom. The first kappa shape index (κ1) is 22.9. The third-order valence-electron chi connectivity index (χ3n) is 4.24. The first-order valence-electron chi connectivity index (χ1n) is 8.98. The number of hydrogen-bond acceptors (Lipinski definition) is 6. The van der Waals surface area contributed by atoms with Crippen molar-refractivity contribution in [2.45, 2.75) is 17.7 Å². The molecule has 3 atom stereocenters. The predicted molar refractivity (Wildman–Crippen MR) is 113 cm³/mol. The molecular formula is C19H18ClF2N5O3S. The molecule has 2 aromatic rings. The van der Waals surface area contributed by atoms with Crippen molar-refractivity contribution in [3.05, 3.63) is 64.7 Å². The van der Waals surface area contributed by atoms with Crippen molar-refractivity contribution < 1.29 is 23.2 Å². The second kappa shape index (κ2) is 10.1. The smallest absolute Gasteiger partial charge is 0.252 e. The van der Waals surface area contributed by atoms with Gasteiger partial charge in [-0.2, -0.15) is 0 Å². The van der Waals surface area contributed by atoms with Crippen LogP contribution >= 0.6 is 23.4 Å². The van der Waals surface area contributed by atoms with Gasteiger partial charge in [0, 0.05) is 16.7 Å². The van der Waals surface area contributed by atoms with E-state index in [1.165, 1.54) is 12.1 Å². The van der Waals surface area contributed by atoms with Gasteiger partial charge in [-0.25, -0.2) is 8.78 Å². The molecule has 3 amide bonds. The lowest BCUT2D eigenvalue weighted by molar-refractivity contribution is -0.125. The van der Waals surface area contributed by atoms with Crippen LogP contribution in [0.1, 0.15) is 10.4 Å². The number of carbonyl (C=O) groups is 3. The van der Waals surface area contributed by atoms with E-state index >= 15 is 0 Å². The summed E-state index contributed by atoms with van der Waals surface area (Å²) in [5.74, 6) is -3.40. The molecule has 12 heteroatoms. The third-order valence-corrected chi connectivity index (χ3v) is 5.51. The summed E-state index contributed by atoms with van der Waals surface area (Å²) in [4.78, 5) is 36.7. The van der Waals surface area contributed by atoms with E-state index in [4.69, 9.17) is 17.3 Å². The van der Waals surface area contributed by atoms with E-state index in [1.807, 2.05) is 0 Å². The van der Waals surface area contributed by atoms with Gasteiger partial charge in [0.15, 0.2) is 0 Å². The standard InChI is InChI=1S/C19H18ClF2N5O3S/c20-10-3-1-9(2-4-10)17(29)25-15-16(23)26-19(27-18(15)30)31-8-14(28)24-13-6-5-11(21)7-12(13)22/h1-7,15-16,19,26H,8,23H2,(H,24,28)(H,25,29)(H,27,30). The Labute approximate surface area is 185 Å². The summed E-state index contributed by atoms with van der Waals surface area (Å²) in [6.45, 7) is 0. The topological polar surface area (TPSA) is 125 Å². The molecule has 0 aromatic heterocycles. The highest BCUT2D eigenvalue weighted by Gasteiger charge is 2.35. The van der Waals surface area contributed by atoms with Crippen molar-refractivity contribution in [1.82, 2.24) is 16.0 Å². The SMILES string of the molecule is NC1NC(SCC(=O)Nc2ccc(F)cc2F)NC(=O)C1NC(=O)c1ccc(Cl)cc1. The van der Waals surface area contributed by atoms with Crippen LogP contribution in [0.5, 0.6) is 0 Å². The number of halogens is 3. The van der Waals surface area contributed by atoms with Crippen LogP contribution in [0.4, 0.5) is 14.5 Å². The fourth-order valence-corrected chi connectivity index (χ4v) is 3.67. The van der Waals surface area contributed by atoms with Crippen molar-refractivity contribution in [2.75, 3.05) is 11.1 Å². The van der Waals surface area contributed by atoms with E-state index in [-0.39, 0.29) is 11.4 Å². The fraction of sp³-hybridized carbons (Fsp3) is 0.211. The maximum atomic E-state index is 13.6. The lowest BCUT2D eigenvalue weighted by Crippen LogP contribution is -2.70. The van der Waals surface area contributed by atoms with Gasteiger partial charge in [-0.3, -0.25) is 19.7 Å². The Kier molecular flexibility index (Phi) is 7.44. The summed E-state index contributed by atoms with van der Waals surface area (Å²) >= 11 is 6.79. The van der Waals surface area contributed by atoms with Gasteiger partial charge in [0.1, 0.15) is 23.2 Å². The number of nitrogens with two attached hydrogens (primary N) is 1. The molecule has 3 unspecified atom stereocenters. The number of thioether (sulfide) groups is 1. The van der Waals surface area contributed by atoms with Crippen LogP contribution in [0, 0.1) is 11.6 Å². The molecule has 0 radical (unpaired) electrons. The van der Waals surface area contributed by atoms with Gasteiger partial charge in [-0.15, -0.1) is 11.8 Å². The minimum atomic E-state index is -1.04. The highest BCUT2D eigenvalue weighted by Crippen LogP contribution is 2.17. The van der Waals surface area contributed by atoms with Crippen LogP contribution in [0.2, 0.25) is 5.02 Å². The van der Waals surface area contributed by atoms with Crippen molar-refractivity contribution in [3.63, 3.8) is 0 Å². The average molecular weight is 470 g/mol. The average Bonchev–Trinajstić information content (AvgIpc) is 2.71. The molecule has 6 N–H and O–H groups in total. The first-order valence-corrected chi connectivity index (χ1v) is 10.4. The minimum absolute atomic E-state index is 0.150. The van der Waals surface area contributed by atoms with Crippen LogP contribution in [-0.4, -0.2) is 41.2 Å². The Bertz CT molecular complexity index is 995. The molecule has 164 valence electrons. The quantitative estimate of drug-likeness (QED) is 0.435. The van der Waals surface area contributed by atoms with Crippen molar-refractivity contribution >= 4 is 46.8 Å². The molecule has 31 heavy (non-hydrogen) atoms. The highest BCUT2D eigenvalue weighted by atomic mass is 35.5. The molecular weight excluding hydrogens is 452 g/mol. The van der Waals surface area contributed by atoms with Gasteiger partial charge < -0.3 is 21.7 Å². The maximum Gasteiger partial charge on any atom is 0.252 e. The number of hydrogen-bond donors (Lipinski definition) is 5. The number of carbonyl (C=O) groups excluding carboxylic acids is 3. The molecule has 0 bridgehead atoms. The van der Waals surface area contributed by atoms with Gasteiger partial charge in [-0.1, -0.05) is 11.6 Å². The maximum absolute atomic E-state index is 13.6. The molecule has 2 aromatic carbocycles. The Morgan fingerprint density at radius 3 is 2.52 bits per heavy atom. The molecule has 0 aliphatic carbocycles. The lowest BCUT2D eigenvalue weighted by atomic mass is 10.1. The summed E-state index contributed by atoms with van der Waals surface area (Å²) in [6.07, 6.45) is -0.917. The second-order valence-electron chi connectivity index (χ2n) is 6.52. The molecule has 0 spiro atoms. The van der Waals surface area contributed by atoms with Crippen LogP contribution < -0.4 is 27.0 Å². The zero-order chi connectivity index (χ0) is 22.5. The normalized spacial score (nSPS) is 20.6. The summed E-state index contributed by atoms with van der Waals surface area (Å²) in [5.41, 5.74) is 5.41. The van der Waals surface area contributed by atoms with E-state index in [0.717, 1.165) is 23.9 Å². The number of nitrogens with one attached hydrogen (secondary N) is 4. The summed E-state index contributed by atoms with van der Waals surface area (Å²) in [7, 11) is 0. The lowest BCUT2D eigenvalue weighted by Gasteiger charge is -2.35. The molecule has 1 fully saturated rings. The molecule has 1 heterocycles. The zero-order valence-corrected chi connectivity index (χ0v) is 17.4. The van der Waals surface area contributed by atoms with E-state index in [0.29, 0.717) is 16.7 Å². The molecule has 1 aliphatic heterocycles. The van der Waals surface area contributed by atoms with E-state index in [9.17, 15) is 23.2 Å². The molecule has 3 rings (SSSR count). The van der Waals surface area contributed by atoms with E-state index in [2.05, 4.69) is 21.3 Å². The summed E-state index contributed by atoms with van der Waals surface area (Å²) < 4.78 is 26.5. The molecule has 1 saturated heterocycles. The fourth-order valence-electron chi connectivity index (χ4n) is 2.70. The number of rotatable bonds is 6. The van der Waals surface area contributed by atoms with Crippen LogP contribution in [0.15, 0.2) is 42.5 Å². The predicted octanol–water partition coefficient (Wildman–Crippen LogP) is 1.38. The van der Waals surface area contributed by atoms with Crippen molar-refractivity contribution in [2.24, 2.45) is 5.73 Å². The zero-order valence-electron chi connectivity index (χ0n) is 15.8. The number of benzene rings is 2. The van der Waals surface area contributed by atoms with Crippen LogP contribution in [0.3, 0.4) is 0 Å². The van der Waals surface area contributed by atoms with Gasteiger partial charge in [0.2, 0.25) is 11.8 Å². The molecule has 0 saturated carbocycles. The first-order chi connectivity index (χ1) is 14.7. The van der Waals surface area contributed by atoms with E-state index < -0.39 is 47.1 Å². The van der Waals surface area contributed by atoms with Gasteiger partial charge in [0.05, 0.1) is 17.6 Å². The Balaban J connectivity index is 1.50. The van der Waals surface area contributed by atoms with E-state index in [1.54, 1.807) is 12.1 Å². The van der Waals surface area contributed by atoms with Gasteiger partial charge >= 0.3 is 0 Å². The van der Waals surface area contributed by atoms with Crippen molar-refractivity contribution in [1.29, 1.82) is 0 Å².